The van der Waals surface area contributed by atoms with Gasteiger partial charge in [0.2, 0.25) is 5.91 Å². The van der Waals surface area contributed by atoms with Gasteiger partial charge in [0.05, 0.1) is 12.0 Å². The van der Waals surface area contributed by atoms with Crippen molar-refractivity contribution >= 4 is 21.8 Å². The lowest BCUT2D eigenvalue weighted by Gasteiger charge is -2.47. The topological polar surface area (TPSA) is 52.6 Å². The molecule has 1 amide bonds. The van der Waals surface area contributed by atoms with E-state index in [9.17, 15) is 9.90 Å². The van der Waals surface area contributed by atoms with Crippen LogP contribution in [0.4, 0.5) is 0 Å². The van der Waals surface area contributed by atoms with E-state index in [1.807, 2.05) is 0 Å². The number of rotatable bonds is 5. The van der Waals surface area contributed by atoms with E-state index in [2.05, 4.69) is 45.2 Å². The van der Waals surface area contributed by atoms with Gasteiger partial charge in [-0.1, -0.05) is 22.0 Å². The smallest absolute Gasteiger partial charge is 0.228 e. The average Bonchev–Trinajstić information content (AvgIpc) is 2.94. The summed E-state index contributed by atoms with van der Waals surface area (Å²) >= 11 is 3.58. The summed E-state index contributed by atoms with van der Waals surface area (Å²) in [6.07, 6.45) is 13.1. The van der Waals surface area contributed by atoms with Crippen molar-refractivity contribution in [3.63, 3.8) is 0 Å². The third-order valence-corrected chi connectivity index (χ3v) is 8.16. The first-order valence-electron chi connectivity index (χ1n) is 10.2. The molecule has 0 aromatic rings. The van der Waals surface area contributed by atoms with E-state index in [4.69, 9.17) is 0 Å². The van der Waals surface area contributed by atoms with Gasteiger partial charge in [-0.2, -0.15) is 0 Å². The quantitative estimate of drug-likeness (QED) is 0.711. The zero-order valence-corrected chi connectivity index (χ0v) is 17.4. The molecule has 1 heterocycles. The lowest BCUT2D eigenvalue weighted by molar-refractivity contribution is -0.132. The van der Waals surface area contributed by atoms with Crippen LogP contribution in [0.1, 0.15) is 51.9 Å². The maximum Gasteiger partial charge on any atom is 0.228 e. The van der Waals surface area contributed by atoms with E-state index in [0.717, 1.165) is 23.4 Å². The number of allylic oxidation sites excluding steroid dienone is 4. The van der Waals surface area contributed by atoms with Crippen molar-refractivity contribution in [1.29, 1.82) is 0 Å². The minimum absolute atomic E-state index is 0.118. The van der Waals surface area contributed by atoms with Crippen LogP contribution in [-0.4, -0.2) is 42.2 Å². The second-order valence-corrected chi connectivity index (χ2v) is 10.1. The van der Waals surface area contributed by atoms with Crippen LogP contribution in [0.3, 0.4) is 0 Å². The number of halogens is 1. The number of fused-ring (bicyclic) bond motifs is 4. The van der Waals surface area contributed by atoms with Gasteiger partial charge in [0.25, 0.3) is 0 Å². The minimum Gasteiger partial charge on any atom is -0.395 e. The number of carbonyl (C=O) groups is 1. The van der Waals surface area contributed by atoms with E-state index in [-0.39, 0.29) is 18.4 Å². The van der Waals surface area contributed by atoms with Gasteiger partial charge in [-0.25, -0.2) is 0 Å². The first kappa shape index (κ1) is 18.5. The van der Waals surface area contributed by atoms with Crippen molar-refractivity contribution < 1.29 is 9.90 Å². The number of nitrogens with one attached hydrogen (secondary N) is 1. The fourth-order valence-corrected chi connectivity index (χ4v) is 6.20. The molecular formula is C21H31BrN2O2. The molecule has 2 N–H and O–H groups in total. The lowest BCUT2D eigenvalue weighted by atomic mass is 9.60. The number of aliphatic hydroxyl groups is 1. The molecule has 5 aliphatic rings. The Hall–Kier alpha value is -0.810. The summed E-state index contributed by atoms with van der Waals surface area (Å²) in [4.78, 5) is 15.5. The summed E-state index contributed by atoms with van der Waals surface area (Å²) in [5.74, 6) is 1.35. The van der Waals surface area contributed by atoms with Crippen molar-refractivity contribution in [2.75, 3.05) is 26.2 Å². The summed E-state index contributed by atoms with van der Waals surface area (Å²) in [6.45, 7) is 4.36. The van der Waals surface area contributed by atoms with Gasteiger partial charge in [-0.3, -0.25) is 4.79 Å². The summed E-state index contributed by atoms with van der Waals surface area (Å²) in [7, 11) is 0. The summed E-state index contributed by atoms with van der Waals surface area (Å²) in [6, 6.07) is 0. The van der Waals surface area contributed by atoms with E-state index < -0.39 is 5.41 Å². The van der Waals surface area contributed by atoms with Crippen molar-refractivity contribution in [3.8, 4) is 0 Å². The van der Waals surface area contributed by atoms with E-state index in [1.54, 1.807) is 0 Å². The minimum atomic E-state index is -0.423. The molecule has 0 spiro atoms. The maximum absolute atomic E-state index is 13.3. The zero-order valence-electron chi connectivity index (χ0n) is 15.8. The molecule has 4 nitrogen and oxygen atoms in total. The largest absolute Gasteiger partial charge is 0.395 e. The van der Waals surface area contributed by atoms with Gasteiger partial charge < -0.3 is 15.3 Å². The maximum atomic E-state index is 13.3. The predicted molar refractivity (Wildman–Crippen MR) is 107 cm³/mol. The van der Waals surface area contributed by atoms with Crippen LogP contribution in [-0.2, 0) is 4.79 Å². The number of hydrogen-bond acceptors (Lipinski definition) is 3. The van der Waals surface area contributed by atoms with Gasteiger partial charge in [-0.05, 0) is 69.3 Å². The molecule has 4 fully saturated rings. The molecule has 0 aromatic heterocycles. The van der Waals surface area contributed by atoms with Gasteiger partial charge in [0.15, 0.2) is 0 Å². The highest BCUT2D eigenvalue weighted by Gasteiger charge is 2.51. The van der Waals surface area contributed by atoms with Crippen LogP contribution in [0, 0.1) is 22.7 Å². The molecule has 0 aromatic carbocycles. The molecule has 144 valence electrons. The third kappa shape index (κ3) is 3.15. The SMILES string of the molecule is CC1(C(=O)NCC23CCC(CC2)CC3)CN(CCO)C2=CC(Br)=CCC21. The molecule has 3 saturated carbocycles. The number of aliphatic hydroxyl groups excluding tert-OH is 1. The van der Waals surface area contributed by atoms with Crippen molar-refractivity contribution in [2.45, 2.75) is 51.9 Å². The summed E-state index contributed by atoms with van der Waals surface area (Å²) in [5, 5.41) is 12.8. The molecule has 2 atom stereocenters. The fraction of sp³-hybridized carbons (Fsp3) is 0.762. The Labute approximate surface area is 165 Å². The number of carbonyl (C=O) groups excluding carboxylic acids is 1. The monoisotopic (exact) mass is 422 g/mol. The molecule has 2 unspecified atom stereocenters. The highest BCUT2D eigenvalue weighted by Crippen LogP contribution is 2.51. The average molecular weight is 423 g/mol. The van der Waals surface area contributed by atoms with Crippen molar-refractivity contribution in [1.82, 2.24) is 10.2 Å². The van der Waals surface area contributed by atoms with Crippen LogP contribution < -0.4 is 5.32 Å². The highest BCUT2D eigenvalue weighted by molar-refractivity contribution is 9.11. The Morgan fingerprint density at radius 3 is 2.69 bits per heavy atom. The molecule has 0 radical (unpaired) electrons. The Kier molecular flexibility index (Phi) is 4.98. The Morgan fingerprint density at radius 1 is 1.35 bits per heavy atom. The molecule has 5 rings (SSSR count). The normalized spacial score (nSPS) is 38.7. The van der Waals surface area contributed by atoms with Gasteiger partial charge >= 0.3 is 0 Å². The molecule has 1 aliphatic heterocycles. The zero-order chi connectivity index (χ0) is 18.4. The standard InChI is InChI=1S/C21H31BrN2O2/c1-20(14-24(10-11-25)18-12-16(22)2-3-17(18)20)19(26)23-13-21-7-4-15(5-8-21)6-9-21/h2,12,15,17,25H,3-11,13-14H2,1H3,(H,23,26). The fourth-order valence-electron chi connectivity index (χ4n) is 5.78. The van der Waals surface area contributed by atoms with Crippen LogP contribution in [0.2, 0.25) is 0 Å². The first-order chi connectivity index (χ1) is 12.5. The van der Waals surface area contributed by atoms with E-state index in [1.165, 1.54) is 44.2 Å². The molecule has 26 heavy (non-hydrogen) atoms. The third-order valence-electron chi connectivity index (χ3n) is 7.61. The second-order valence-electron chi connectivity index (χ2n) is 9.17. The van der Waals surface area contributed by atoms with Crippen molar-refractivity contribution in [2.24, 2.45) is 22.7 Å². The van der Waals surface area contributed by atoms with Gasteiger partial charge in [0.1, 0.15) is 0 Å². The van der Waals surface area contributed by atoms with Crippen LogP contribution in [0.5, 0.6) is 0 Å². The van der Waals surface area contributed by atoms with Gasteiger partial charge in [-0.15, -0.1) is 0 Å². The number of likely N-dealkylation sites (tertiary alicyclic amines) is 1. The number of β-amino-alcohol motifs (C(OH)–C–C–N with tert-alkyl or cyclic N) is 1. The van der Waals surface area contributed by atoms with Crippen LogP contribution in [0.15, 0.2) is 22.3 Å². The van der Waals surface area contributed by atoms with Crippen LogP contribution in [0.25, 0.3) is 0 Å². The lowest BCUT2D eigenvalue weighted by Crippen LogP contribution is -2.49. The Morgan fingerprint density at radius 2 is 2.04 bits per heavy atom. The second kappa shape index (κ2) is 6.97. The molecule has 5 heteroatoms. The molecular weight excluding hydrogens is 392 g/mol. The molecule has 1 saturated heterocycles. The van der Waals surface area contributed by atoms with E-state index >= 15 is 0 Å². The summed E-state index contributed by atoms with van der Waals surface area (Å²) in [5.41, 5.74) is 1.13. The van der Waals surface area contributed by atoms with Gasteiger partial charge in [0, 0.05) is 35.7 Å². The number of hydrogen-bond donors (Lipinski definition) is 2. The first-order valence-corrected chi connectivity index (χ1v) is 11.0. The highest BCUT2D eigenvalue weighted by atomic mass is 79.9. The van der Waals surface area contributed by atoms with E-state index in [0.29, 0.717) is 18.5 Å². The summed E-state index contributed by atoms with van der Waals surface area (Å²) < 4.78 is 1.08. The van der Waals surface area contributed by atoms with Crippen LogP contribution >= 0.6 is 15.9 Å². The predicted octanol–water partition coefficient (Wildman–Crippen LogP) is 3.57. The van der Waals surface area contributed by atoms with Crippen molar-refractivity contribution in [3.05, 3.63) is 22.3 Å². The Balaban J connectivity index is 1.47. The molecule has 2 bridgehead atoms. The molecule has 4 aliphatic carbocycles. The number of nitrogens with zero attached hydrogens (tertiary/aromatic N) is 1. The Bertz CT molecular complexity index is 622. The number of amides is 1.